The smallest absolute Gasteiger partial charge is 0.0261 e. The summed E-state index contributed by atoms with van der Waals surface area (Å²) in [5.74, 6) is 5.45. The highest BCUT2D eigenvalue weighted by Crippen LogP contribution is 2.75. The van der Waals surface area contributed by atoms with Crippen molar-refractivity contribution in [3.8, 4) is 0 Å². The fraction of sp³-hybridized carbons (Fsp3) is 0.900. The van der Waals surface area contributed by atoms with Gasteiger partial charge in [0.25, 0.3) is 0 Å². The Hall–Kier alpha value is -0.260. The predicted octanol–water partition coefficient (Wildman–Crippen LogP) is 6.22. The fourth-order valence-electron chi connectivity index (χ4n) is 5.61. The number of allylic oxidation sites excluding steroid dienone is 2. The van der Waals surface area contributed by atoms with Crippen molar-refractivity contribution in [1.82, 2.24) is 0 Å². The number of rotatable bonds is 7. The molecule has 0 radical (unpaired) electrons. The summed E-state index contributed by atoms with van der Waals surface area (Å²) >= 11 is 0. The summed E-state index contributed by atoms with van der Waals surface area (Å²) in [6.45, 7) is 9.55. The molecule has 0 aromatic rings. The van der Waals surface area contributed by atoms with E-state index in [1.807, 2.05) is 0 Å². The Morgan fingerprint density at radius 2 is 2.20 bits per heavy atom. The van der Waals surface area contributed by atoms with Gasteiger partial charge in [0.15, 0.2) is 0 Å². The molecule has 0 aliphatic heterocycles. The van der Waals surface area contributed by atoms with Crippen molar-refractivity contribution in [2.24, 2.45) is 35.0 Å². The van der Waals surface area contributed by atoms with Crippen LogP contribution in [0.15, 0.2) is 11.6 Å². The molecule has 20 heavy (non-hydrogen) atoms. The first-order valence-corrected chi connectivity index (χ1v) is 9.24. The molecule has 0 spiro atoms. The molecule has 0 aromatic heterocycles. The normalized spacial score (nSPS) is 44.3. The summed E-state index contributed by atoms with van der Waals surface area (Å²) in [7, 11) is 0. The van der Waals surface area contributed by atoms with Crippen LogP contribution in [0, 0.1) is 35.0 Å². The number of hydrogen-bond acceptors (Lipinski definition) is 0. The standard InChI is InChI=1S/C20H34/c1-5-15(6-2)12-14(3)9-10-16-13-17(16)19-18-8-7-11-20(18,19)4/h5,14,16-19H,6-13H2,1-4H3. The Morgan fingerprint density at radius 3 is 2.80 bits per heavy atom. The molecule has 0 N–H and O–H groups in total. The second-order valence-electron chi connectivity index (χ2n) is 8.38. The topological polar surface area (TPSA) is 0 Å². The third-order valence-corrected chi connectivity index (χ3v) is 7.11. The van der Waals surface area contributed by atoms with Crippen molar-refractivity contribution in [2.75, 3.05) is 0 Å². The van der Waals surface area contributed by atoms with E-state index in [0.717, 1.165) is 35.0 Å². The SMILES string of the molecule is CC=C(CC)CC(C)CCC1CC1C1C2CCCC21C. The maximum Gasteiger partial charge on any atom is -0.0261 e. The molecule has 3 aliphatic rings. The van der Waals surface area contributed by atoms with E-state index < -0.39 is 0 Å². The van der Waals surface area contributed by atoms with Gasteiger partial charge in [0.05, 0.1) is 0 Å². The van der Waals surface area contributed by atoms with Gasteiger partial charge in [0, 0.05) is 0 Å². The van der Waals surface area contributed by atoms with Gasteiger partial charge < -0.3 is 0 Å². The van der Waals surface area contributed by atoms with Crippen molar-refractivity contribution in [3.05, 3.63) is 11.6 Å². The van der Waals surface area contributed by atoms with Crippen LogP contribution in [0.5, 0.6) is 0 Å². The minimum Gasteiger partial charge on any atom is -0.0885 e. The molecule has 3 saturated carbocycles. The lowest BCUT2D eigenvalue weighted by atomic mass is 9.92. The van der Waals surface area contributed by atoms with E-state index in [9.17, 15) is 0 Å². The summed E-state index contributed by atoms with van der Waals surface area (Å²) in [5.41, 5.74) is 2.47. The lowest BCUT2D eigenvalue weighted by Gasteiger charge is -2.13. The molecule has 0 saturated heterocycles. The lowest BCUT2D eigenvalue weighted by Crippen LogP contribution is -2.01. The van der Waals surface area contributed by atoms with Crippen LogP contribution in [-0.2, 0) is 0 Å². The highest BCUT2D eigenvalue weighted by Gasteiger charge is 2.68. The van der Waals surface area contributed by atoms with Gasteiger partial charge in [-0.15, -0.1) is 0 Å². The Labute approximate surface area is 126 Å². The van der Waals surface area contributed by atoms with E-state index >= 15 is 0 Å². The maximum atomic E-state index is 2.59. The number of hydrogen-bond donors (Lipinski definition) is 0. The minimum atomic E-state index is 0.811. The average molecular weight is 274 g/mol. The molecule has 3 aliphatic carbocycles. The van der Waals surface area contributed by atoms with Crippen molar-refractivity contribution >= 4 is 0 Å². The molecule has 3 rings (SSSR count). The average Bonchev–Trinajstić information content (AvgIpc) is 3.28. The molecule has 0 bridgehead atoms. The van der Waals surface area contributed by atoms with Gasteiger partial charge >= 0.3 is 0 Å². The van der Waals surface area contributed by atoms with Crippen LogP contribution in [0.4, 0.5) is 0 Å². The van der Waals surface area contributed by atoms with E-state index in [-0.39, 0.29) is 0 Å². The molecule has 6 unspecified atom stereocenters. The molecule has 0 amide bonds. The highest BCUT2D eigenvalue weighted by molar-refractivity contribution is 5.17. The van der Waals surface area contributed by atoms with Crippen molar-refractivity contribution < 1.29 is 0 Å². The zero-order chi connectivity index (χ0) is 14.3. The predicted molar refractivity (Wildman–Crippen MR) is 87.6 cm³/mol. The van der Waals surface area contributed by atoms with Crippen LogP contribution in [0.2, 0.25) is 0 Å². The van der Waals surface area contributed by atoms with Crippen LogP contribution in [-0.4, -0.2) is 0 Å². The molecule has 0 heterocycles. The molecule has 6 atom stereocenters. The summed E-state index contributed by atoms with van der Waals surface area (Å²) < 4.78 is 0. The third kappa shape index (κ3) is 2.60. The van der Waals surface area contributed by atoms with Gasteiger partial charge in [-0.1, -0.05) is 45.3 Å². The van der Waals surface area contributed by atoms with Gasteiger partial charge in [-0.2, -0.15) is 0 Å². The molecule has 0 nitrogen and oxygen atoms in total. The largest absolute Gasteiger partial charge is 0.0885 e. The highest BCUT2D eigenvalue weighted by atomic mass is 14.7. The second kappa shape index (κ2) is 5.50. The van der Waals surface area contributed by atoms with Crippen LogP contribution < -0.4 is 0 Å². The van der Waals surface area contributed by atoms with Crippen LogP contribution in [0.1, 0.15) is 79.1 Å². The molecular weight excluding hydrogens is 240 g/mol. The quantitative estimate of drug-likeness (QED) is 0.483. The number of fused-ring (bicyclic) bond motifs is 1. The Balaban J connectivity index is 1.37. The second-order valence-corrected chi connectivity index (χ2v) is 8.38. The van der Waals surface area contributed by atoms with Crippen LogP contribution >= 0.6 is 0 Å². The molecule has 0 heteroatoms. The summed E-state index contributed by atoms with van der Waals surface area (Å²) in [6.07, 6.45) is 14.1. The van der Waals surface area contributed by atoms with Gasteiger partial charge in [0.1, 0.15) is 0 Å². The molecular formula is C20H34. The first-order chi connectivity index (χ1) is 9.60. The minimum absolute atomic E-state index is 0.811. The lowest BCUT2D eigenvalue weighted by molar-refractivity contribution is 0.407. The maximum absolute atomic E-state index is 2.59. The van der Waals surface area contributed by atoms with E-state index in [1.54, 1.807) is 24.8 Å². The Kier molecular flexibility index (Phi) is 4.04. The molecule has 0 aromatic carbocycles. The summed E-state index contributed by atoms with van der Waals surface area (Å²) in [6, 6.07) is 0. The third-order valence-electron chi connectivity index (χ3n) is 7.11. The van der Waals surface area contributed by atoms with Crippen LogP contribution in [0.25, 0.3) is 0 Å². The Morgan fingerprint density at radius 1 is 1.40 bits per heavy atom. The monoisotopic (exact) mass is 274 g/mol. The van der Waals surface area contributed by atoms with Gasteiger partial charge in [0.2, 0.25) is 0 Å². The summed E-state index contributed by atoms with van der Waals surface area (Å²) in [4.78, 5) is 0. The van der Waals surface area contributed by atoms with Crippen molar-refractivity contribution in [3.63, 3.8) is 0 Å². The van der Waals surface area contributed by atoms with Gasteiger partial charge in [-0.25, -0.2) is 0 Å². The van der Waals surface area contributed by atoms with Gasteiger partial charge in [-0.3, -0.25) is 0 Å². The van der Waals surface area contributed by atoms with E-state index in [2.05, 4.69) is 33.8 Å². The fourth-order valence-corrected chi connectivity index (χ4v) is 5.61. The molecule has 114 valence electrons. The zero-order valence-corrected chi connectivity index (χ0v) is 14.1. The molecule has 3 fully saturated rings. The first kappa shape index (κ1) is 14.7. The van der Waals surface area contributed by atoms with Crippen molar-refractivity contribution in [2.45, 2.75) is 79.1 Å². The van der Waals surface area contributed by atoms with Gasteiger partial charge in [-0.05, 0) is 80.5 Å². The first-order valence-electron chi connectivity index (χ1n) is 9.24. The van der Waals surface area contributed by atoms with Crippen LogP contribution in [0.3, 0.4) is 0 Å². The summed E-state index contributed by atoms with van der Waals surface area (Å²) in [5, 5.41) is 0. The van der Waals surface area contributed by atoms with E-state index in [0.29, 0.717) is 0 Å². The van der Waals surface area contributed by atoms with Crippen molar-refractivity contribution in [1.29, 1.82) is 0 Å². The van der Waals surface area contributed by atoms with E-state index in [4.69, 9.17) is 0 Å². The van der Waals surface area contributed by atoms with E-state index in [1.165, 1.54) is 32.1 Å². The zero-order valence-electron chi connectivity index (χ0n) is 14.1. The Bertz CT molecular complexity index is 379.